The third kappa shape index (κ3) is 6.47. The number of pyridine rings is 1. The van der Waals surface area contributed by atoms with Gasteiger partial charge in [0.05, 0.1) is 11.9 Å². The summed E-state index contributed by atoms with van der Waals surface area (Å²) >= 11 is 0. The lowest BCUT2D eigenvalue weighted by molar-refractivity contribution is 0.0635. The van der Waals surface area contributed by atoms with Gasteiger partial charge >= 0.3 is 6.09 Å². The van der Waals surface area contributed by atoms with Gasteiger partial charge in [-0.05, 0) is 45.7 Å². The molecule has 0 bridgehead atoms. The fourth-order valence-corrected chi connectivity index (χ4v) is 1.72. The van der Waals surface area contributed by atoms with Crippen LogP contribution in [0.2, 0.25) is 0 Å². The van der Waals surface area contributed by atoms with E-state index in [9.17, 15) is 4.79 Å². The van der Waals surface area contributed by atoms with E-state index in [0.717, 1.165) is 12.1 Å². The first kappa shape index (κ1) is 17.3. The second kappa shape index (κ2) is 7.29. The van der Waals surface area contributed by atoms with Gasteiger partial charge < -0.3 is 10.1 Å². The Hall–Kier alpha value is -1.78. The lowest BCUT2D eigenvalue weighted by atomic mass is 10.0. The number of carbonyl (C=O) groups is 1. The standard InChI is InChI=1S/C16H27N3O2/c1-7-11(2)12(3)18-13-8-9-14(17-10-13)19-15(20)21-16(4,5)6/h8-12,18H,7H2,1-6H3,(H,17,19,20). The van der Waals surface area contributed by atoms with Crippen LogP contribution in [0.3, 0.4) is 0 Å². The molecule has 2 unspecified atom stereocenters. The van der Waals surface area contributed by atoms with Gasteiger partial charge in [-0.25, -0.2) is 9.78 Å². The van der Waals surface area contributed by atoms with E-state index in [1.807, 2.05) is 26.8 Å². The van der Waals surface area contributed by atoms with Crippen LogP contribution in [0.25, 0.3) is 0 Å². The highest BCUT2D eigenvalue weighted by Gasteiger charge is 2.16. The fourth-order valence-electron chi connectivity index (χ4n) is 1.72. The van der Waals surface area contributed by atoms with Gasteiger partial charge in [0.15, 0.2) is 0 Å². The van der Waals surface area contributed by atoms with Crippen molar-refractivity contribution >= 4 is 17.6 Å². The highest BCUT2D eigenvalue weighted by atomic mass is 16.6. The zero-order valence-corrected chi connectivity index (χ0v) is 13.9. The summed E-state index contributed by atoms with van der Waals surface area (Å²) in [5, 5.41) is 6.02. The molecule has 1 heterocycles. The number of nitrogens with one attached hydrogen (secondary N) is 2. The maximum Gasteiger partial charge on any atom is 0.413 e. The van der Waals surface area contributed by atoms with Crippen molar-refractivity contribution in [1.82, 2.24) is 4.98 Å². The number of carbonyl (C=O) groups excluding carboxylic acids is 1. The highest BCUT2D eigenvalue weighted by molar-refractivity contribution is 5.83. The molecule has 2 atom stereocenters. The van der Waals surface area contributed by atoms with Crippen molar-refractivity contribution < 1.29 is 9.53 Å². The summed E-state index contributed by atoms with van der Waals surface area (Å²) in [4.78, 5) is 15.8. The molecule has 1 aromatic rings. The Balaban J connectivity index is 2.56. The van der Waals surface area contributed by atoms with E-state index in [2.05, 4.69) is 36.4 Å². The number of amides is 1. The molecule has 5 heteroatoms. The minimum atomic E-state index is -0.517. The first-order valence-electron chi connectivity index (χ1n) is 7.44. The van der Waals surface area contributed by atoms with Crippen molar-refractivity contribution in [2.75, 3.05) is 10.6 Å². The lowest BCUT2D eigenvalue weighted by Gasteiger charge is -2.21. The summed E-state index contributed by atoms with van der Waals surface area (Å²) in [7, 11) is 0. The molecule has 0 aliphatic carbocycles. The molecule has 5 nitrogen and oxygen atoms in total. The number of nitrogens with zero attached hydrogens (tertiary/aromatic N) is 1. The van der Waals surface area contributed by atoms with E-state index in [1.165, 1.54) is 0 Å². The molecule has 21 heavy (non-hydrogen) atoms. The summed E-state index contributed by atoms with van der Waals surface area (Å²) < 4.78 is 5.18. The average molecular weight is 293 g/mol. The summed E-state index contributed by atoms with van der Waals surface area (Å²) in [6, 6.07) is 4.04. The normalized spacial score (nSPS) is 14.2. The molecule has 1 rings (SSSR count). The molecule has 118 valence electrons. The van der Waals surface area contributed by atoms with Crippen LogP contribution in [-0.4, -0.2) is 22.7 Å². The number of hydrogen-bond acceptors (Lipinski definition) is 4. The van der Waals surface area contributed by atoms with Crippen LogP contribution in [0.15, 0.2) is 18.3 Å². The van der Waals surface area contributed by atoms with E-state index in [4.69, 9.17) is 4.74 Å². The Morgan fingerprint density at radius 2 is 2.00 bits per heavy atom. The third-order valence-corrected chi connectivity index (χ3v) is 3.28. The van der Waals surface area contributed by atoms with E-state index in [0.29, 0.717) is 17.8 Å². The second-order valence-electron chi connectivity index (χ2n) is 6.38. The van der Waals surface area contributed by atoms with Gasteiger partial charge in [0.1, 0.15) is 11.4 Å². The zero-order valence-electron chi connectivity index (χ0n) is 13.9. The lowest BCUT2D eigenvalue weighted by Crippen LogP contribution is -2.27. The van der Waals surface area contributed by atoms with Crippen molar-refractivity contribution in [3.63, 3.8) is 0 Å². The van der Waals surface area contributed by atoms with Crippen molar-refractivity contribution in [3.8, 4) is 0 Å². The number of aromatic nitrogens is 1. The van der Waals surface area contributed by atoms with Crippen molar-refractivity contribution in [2.45, 2.75) is 59.6 Å². The van der Waals surface area contributed by atoms with E-state index in [1.54, 1.807) is 12.3 Å². The summed E-state index contributed by atoms with van der Waals surface area (Å²) in [6.45, 7) is 12.0. The van der Waals surface area contributed by atoms with E-state index in [-0.39, 0.29) is 0 Å². The van der Waals surface area contributed by atoms with Gasteiger partial charge in [0.2, 0.25) is 0 Å². The molecular weight excluding hydrogens is 266 g/mol. The minimum absolute atomic E-state index is 0.376. The van der Waals surface area contributed by atoms with E-state index < -0.39 is 11.7 Å². The average Bonchev–Trinajstić information content (AvgIpc) is 2.37. The molecule has 2 N–H and O–H groups in total. The largest absolute Gasteiger partial charge is 0.444 e. The van der Waals surface area contributed by atoms with Gasteiger partial charge in [-0.3, -0.25) is 5.32 Å². The number of ether oxygens (including phenoxy) is 1. The van der Waals surface area contributed by atoms with Crippen LogP contribution in [0.1, 0.15) is 48.0 Å². The molecular formula is C16H27N3O2. The van der Waals surface area contributed by atoms with Crippen molar-refractivity contribution in [2.24, 2.45) is 5.92 Å². The molecule has 0 fully saturated rings. The van der Waals surface area contributed by atoms with Crippen molar-refractivity contribution in [1.29, 1.82) is 0 Å². The molecule has 0 aliphatic heterocycles. The Kier molecular flexibility index (Phi) is 6.00. The first-order chi connectivity index (χ1) is 9.71. The van der Waals surface area contributed by atoms with Crippen LogP contribution < -0.4 is 10.6 Å². The van der Waals surface area contributed by atoms with Gasteiger partial charge in [-0.15, -0.1) is 0 Å². The van der Waals surface area contributed by atoms with Crippen molar-refractivity contribution in [3.05, 3.63) is 18.3 Å². The van der Waals surface area contributed by atoms with E-state index >= 15 is 0 Å². The maximum absolute atomic E-state index is 11.6. The number of anilines is 2. The maximum atomic E-state index is 11.6. The third-order valence-electron chi connectivity index (χ3n) is 3.28. The minimum Gasteiger partial charge on any atom is -0.444 e. The molecule has 0 spiro atoms. The summed E-state index contributed by atoms with van der Waals surface area (Å²) in [5.41, 5.74) is 0.426. The summed E-state index contributed by atoms with van der Waals surface area (Å²) in [6.07, 6.45) is 2.34. The molecule has 0 aliphatic rings. The molecule has 0 saturated heterocycles. The van der Waals surface area contributed by atoms with Crippen LogP contribution in [0.4, 0.5) is 16.3 Å². The second-order valence-corrected chi connectivity index (χ2v) is 6.38. The predicted octanol–water partition coefficient (Wildman–Crippen LogP) is 4.28. The SMILES string of the molecule is CCC(C)C(C)Nc1ccc(NC(=O)OC(C)(C)C)nc1. The topological polar surface area (TPSA) is 63.2 Å². The quantitative estimate of drug-likeness (QED) is 0.850. The van der Waals surface area contributed by atoms with Gasteiger partial charge in [-0.1, -0.05) is 20.3 Å². The Bertz CT molecular complexity index is 452. The van der Waals surface area contributed by atoms with Gasteiger partial charge in [0.25, 0.3) is 0 Å². The zero-order chi connectivity index (χ0) is 16.0. The number of hydrogen-bond donors (Lipinski definition) is 2. The highest BCUT2D eigenvalue weighted by Crippen LogP contribution is 2.16. The Morgan fingerprint density at radius 1 is 1.33 bits per heavy atom. The summed E-state index contributed by atoms with van der Waals surface area (Å²) in [5.74, 6) is 1.07. The molecule has 1 aromatic heterocycles. The van der Waals surface area contributed by atoms with Gasteiger partial charge in [-0.2, -0.15) is 0 Å². The van der Waals surface area contributed by atoms with Crippen LogP contribution in [0, 0.1) is 5.92 Å². The van der Waals surface area contributed by atoms with Crippen LogP contribution in [0.5, 0.6) is 0 Å². The molecule has 0 saturated carbocycles. The molecule has 0 radical (unpaired) electrons. The Labute approximate surface area is 127 Å². The number of rotatable bonds is 5. The molecule has 0 aromatic carbocycles. The molecule has 1 amide bonds. The van der Waals surface area contributed by atoms with Crippen LogP contribution >= 0.6 is 0 Å². The monoisotopic (exact) mass is 293 g/mol. The smallest absolute Gasteiger partial charge is 0.413 e. The van der Waals surface area contributed by atoms with Crippen LogP contribution in [-0.2, 0) is 4.74 Å². The Morgan fingerprint density at radius 3 is 2.48 bits per heavy atom. The first-order valence-corrected chi connectivity index (χ1v) is 7.44. The van der Waals surface area contributed by atoms with Gasteiger partial charge in [0, 0.05) is 6.04 Å². The fraction of sp³-hybridized carbons (Fsp3) is 0.625. The predicted molar refractivity (Wildman–Crippen MR) is 86.6 cm³/mol.